The Labute approximate surface area is 67.0 Å². The Hall–Kier alpha value is -1.92. The van der Waals surface area contributed by atoms with Crippen LogP contribution >= 0.6 is 0 Å². The highest BCUT2D eigenvalue weighted by molar-refractivity contribution is 5.86. The third-order valence-electron chi connectivity index (χ3n) is 1.00. The van der Waals surface area contributed by atoms with E-state index in [0.29, 0.717) is 0 Å². The van der Waals surface area contributed by atoms with Gasteiger partial charge in [-0.3, -0.25) is 4.79 Å². The minimum Gasteiger partial charge on any atom is -0.475 e. The fraction of sp³-hybridized carbons (Fsp3) is 0.200. The van der Waals surface area contributed by atoms with Gasteiger partial charge in [0.2, 0.25) is 5.91 Å². The van der Waals surface area contributed by atoms with Crippen molar-refractivity contribution in [1.82, 2.24) is 14.9 Å². The number of carbonyl (C=O) groups is 2. The van der Waals surface area contributed by atoms with Crippen LogP contribution in [0.4, 0.5) is 0 Å². The first kappa shape index (κ1) is 8.18. The Bertz CT molecular complexity index is 318. The van der Waals surface area contributed by atoms with E-state index in [1.54, 1.807) is 0 Å². The Kier molecular flexibility index (Phi) is 2.04. The summed E-state index contributed by atoms with van der Waals surface area (Å²) in [5.74, 6) is -1.99. The van der Waals surface area contributed by atoms with Crippen LogP contribution in [0.5, 0.6) is 0 Å². The summed E-state index contributed by atoms with van der Waals surface area (Å²) in [4.78, 5) is 25.1. The number of carboxylic acids is 1. The highest BCUT2D eigenvalue weighted by Crippen LogP contribution is 1.89. The van der Waals surface area contributed by atoms with Gasteiger partial charge in [0.15, 0.2) is 0 Å². The molecule has 1 aromatic heterocycles. The first-order valence-corrected chi connectivity index (χ1v) is 3.02. The Morgan fingerprint density at radius 2 is 2.33 bits per heavy atom. The number of aromatic nitrogens is 3. The van der Waals surface area contributed by atoms with E-state index in [9.17, 15) is 9.59 Å². The van der Waals surface area contributed by atoms with E-state index in [2.05, 4.69) is 15.5 Å². The average Bonchev–Trinajstić information content (AvgIpc) is 2.33. The summed E-state index contributed by atoms with van der Waals surface area (Å²) in [7, 11) is 0. The van der Waals surface area contributed by atoms with Crippen LogP contribution in [0.15, 0.2) is 6.33 Å². The van der Waals surface area contributed by atoms with Crippen LogP contribution in [0.1, 0.15) is 17.5 Å². The predicted molar refractivity (Wildman–Crippen MR) is 37.0 cm³/mol. The molecule has 0 saturated carbocycles. The van der Waals surface area contributed by atoms with Crippen LogP contribution in [0.2, 0.25) is 0 Å². The third kappa shape index (κ3) is 1.57. The molecule has 2 N–H and O–H groups in total. The van der Waals surface area contributed by atoms with Gasteiger partial charge in [0.25, 0.3) is 5.82 Å². The van der Waals surface area contributed by atoms with Crippen molar-refractivity contribution < 1.29 is 14.7 Å². The number of carbonyl (C=O) groups excluding carboxylic acids is 1. The molecule has 64 valence electrons. The molecular weight excluding hydrogens is 164 g/mol. The molecule has 0 unspecified atom stereocenters. The molecule has 0 aromatic carbocycles. The molecule has 0 atom stereocenters. The highest BCUT2D eigenvalue weighted by Gasteiger charge is 2.12. The van der Waals surface area contributed by atoms with Gasteiger partial charge in [-0.05, 0) is 0 Å². The van der Waals surface area contributed by atoms with Gasteiger partial charge < -0.3 is 5.11 Å². The number of aromatic carboxylic acids is 1. The van der Waals surface area contributed by atoms with E-state index >= 15 is 0 Å². The predicted octanol–water partition coefficient (Wildman–Crippen LogP) is -0.934. The van der Waals surface area contributed by atoms with E-state index in [-0.39, 0.29) is 5.82 Å². The zero-order valence-electron chi connectivity index (χ0n) is 6.18. The van der Waals surface area contributed by atoms with Gasteiger partial charge in [0.1, 0.15) is 6.33 Å². The zero-order valence-corrected chi connectivity index (χ0v) is 6.18. The molecule has 0 fully saturated rings. The van der Waals surface area contributed by atoms with Crippen LogP contribution in [0, 0.1) is 0 Å². The number of rotatable bonds is 2. The van der Waals surface area contributed by atoms with Crippen molar-refractivity contribution in [3.05, 3.63) is 12.2 Å². The Balaban J connectivity index is 2.91. The molecular formula is C5H6N4O3. The van der Waals surface area contributed by atoms with Crippen molar-refractivity contribution in [1.29, 1.82) is 0 Å². The van der Waals surface area contributed by atoms with Crippen molar-refractivity contribution in [2.45, 2.75) is 6.92 Å². The molecule has 1 aromatic rings. The molecule has 0 saturated heterocycles. The van der Waals surface area contributed by atoms with Gasteiger partial charge >= 0.3 is 5.97 Å². The molecule has 1 rings (SSSR count). The molecule has 0 aliphatic rings. The van der Waals surface area contributed by atoms with Crippen LogP contribution in [0.25, 0.3) is 0 Å². The minimum absolute atomic E-state index is 0.329. The molecule has 7 heteroatoms. The van der Waals surface area contributed by atoms with Gasteiger partial charge in [0, 0.05) is 6.92 Å². The number of carboxylic acid groups (broad SMARTS) is 1. The first-order chi connectivity index (χ1) is 5.61. The largest absolute Gasteiger partial charge is 0.475 e. The lowest BCUT2D eigenvalue weighted by atomic mass is 10.6. The van der Waals surface area contributed by atoms with Crippen molar-refractivity contribution in [3.8, 4) is 0 Å². The normalized spacial score (nSPS) is 9.42. The number of nitrogens with one attached hydrogen (secondary N) is 1. The van der Waals surface area contributed by atoms with Crippen LogP contribution in [-0.2, 0) is 4.79 Å². The topological polar surface area (TPSA) is 97.1 Å². The Morgan fingerprint density at radius 3 is 2.83 bits per heavy atom. The summed E-state index contributed by atoms with van der Waals surface area (Å²) in [6, 6.07) is 0. The zero-order chi connectivity index (χ0) is 9.14. The van der Waals surface area contributed by atoms with Crippen LogP contribution < -0.4 is 5.43 Å². The molecule has 0 spiro atoms. The molecule has 0 aliphatic carbocycles. The van der Waals surface area contributed by atoms with Crippen LogP contribution in [-0.4, -0.2) is 31.9 Å². The van der Waals surface area contributed by atoms with E-state index in [0.717, 1.165) is 11.1 Å². The van der Waals surface area contributed by atoms with Gasteiger partial charge in [-0.1, -0.05) is 0 Å². The molecule has 7 nitrogen and oxygen atoms in total. The number of hydrogen-bond donors (Lipinski definition) is 2. The maximum absolute atomic E-state index is 10.5. The quantitative estimate of drug-likeness (QED) is 0.597. The van der Waals surface area contributed by atoms with Crippen molar-refractivity contribution in [2.24, 2.45) is 0 Å². The summed E-state index contributed by atoms with van der Waals surface area (Å²) in [6.07, 6.45) is 1.04. The lowest BCUT2D eigenvalue weighted by Gasteiger charge is -2.00. The molecule has 12 heavy (non-hydrogen) atoms. The van der Waals surface area contributed by atoms with E-state index in [1.165, 1.54) is 6.92 Å². The van der Waals surface area contributed by atoms with Gasteiger partial charge in [-0.25, -0.2) is 15.2 Å². The maximum Gasteiger partial charge on any atom is 0.375 e. The molecule has 0 radical (unpaired) electrons. The smallest absolute Gasteiger partial charge is 0.375 e. The second kappa shape index (κ2) is 2.99. The van der Waals surface area contributed by atoms with Crippen LogP contribution in [0.3, 0.4) is 0 Å². The van der Waals surface area contributed by atoms with E-state index in [4.69, 9.17) is 5.11 Å². The molecule has 1 heterocycles. The fourth-order valence-electron chi connectivity index (χ4n) is 0.618. The second-order valence-electron chi connectivity index (χ2n) is 1.97. The highest BCUT2D eigenvalue weighted by atomic mass is 16.4. The lowest BCUT2D eigenvalue weighted by Crippen LogP contribution is -2.25. The number of hydrogen-bond acceptors (Lipinski definition) is 4. The van der Waals surface area contributed by atoms with Crippen molar-refractivity contribution >= 4 is 11.9 Å². The summed E-state index contributed by atoms with van der Waals surface area (Å²) in [6.45, 7) is 1.24. The molecule has 0 aliphatic heterocycles. The first-order valence-electron chi connectivity index (χ1n) is 3.02. The summed E-state index contributed by atoms with van der Waals surface area (Å²) in [5, 5.41) is 12.0. The van der Waals surface area contributed by atoms with Gasteiger partial charge in [-0.2, -0.15) is 0 Å². The lowest BCUT2D eigenvalue weighted by molar-refractivity contribution is -0.115. The van der Waals surface area contributed by atoms with Crippen molar-refractivity contribution in [3.63, 3.8) is 0 Å². The summed E-state index contributed by atoms with van der Waals surface area (Å²) in [5.41, 5.74) is 2.16. The Morgan fingerprint density at radius 1 is 1.67 bits per heavy atom. The SMILES string of the molecule is CC(=O)Nn1ncnc1C(=O)O. The van der Waals surface area contributed by atoms with E-state index in [1.807, 2.05) is 0 Å². The number of nitrogens with zero attached hydrogens (tertiary/aromatic N) is 3. The average molecular weight is 170 g/mol. The molecule has 1 amide bonds. The maximum atomic E-state index is 10.5. The van der Waals surface area contributed by atoms with Crippen molar-refractivity contribution in [2.75, 3.05) is 5.43 Å². The summed E-state index contributed by atoms with van der Waals surface area (Å²) >= 11 is 0. The number of amides is 1. The van der Waals surface area contributed by atoms with Gasteiger partial charge in [-0.15, -0.1) is 9.89 Å². The fourth-order valence-corrected chi connectivity index (χ4v) is 0.618. The monoisotopic (exact) mass is 170 g/mol. The molecule has 0 bridgehead atoms. The van der Waals surface area contributed by atoms with Gasteiger partial charge in [0.05, 0.1) is 0 Å². The standard InChI is InChI=1S/C5H6N4O3/c1-3(10)8-9-4(5(11)12)6-2-7-9/h2H,1H3,(H,8,10)(H,11,12). The second-order valence-corrected chi connectivity index (χ2v) is 1.97. The van der Waals surface area contributed by atoms with E-state index < -0.39 is 11.9 Å². The summed E-state index contributed by atoms with van der Waals surface area (Å²) < 4.78 is 0. The minimum atomic E-state index is -1.25. The third-order valence-corrected chi connectivity index (χ3v) is 1.00.